The average Bonchev–Trinajstić information content (AvgIpc) is 3.53. The zero-order chi connectivity index (χ0) is 31.6. The van der Waals surface area contributed by atoms with E-state index in [1.54, 1.807) is 11.1 Å². The highest BCUT2D eigenvalue weighted by molar-refractivity contribution is 9.10. The van der Waals surface area contributed by atoms with Crippen LogP contribution in [0.4, 0.5) is 4.79 Å². The molecule has 2 aromatic heterocycles. The molecule has 3 aromatic rings. The van der Waals surface area contributed by atoms with Gasteiger partial charge >= 0.3 is 6.09 Å². The van der Waals surface area contributed by atoms with Gasteiger partial charge in [-0.3, -0.25) is 19.6 Å². The number of fused-ring (bicyclic) bond motifs is 2. The minimum Gasteiger partial charge on any atom is -0.446 e. The SMILES string of the molecule is O=C([C@H]1CN(C2c3ccc(Cl)cc3CCc3cc(Br)cnc32)CCN1C(=O)OC1CCCCC1)N1CCC[C@H](Cn2ccnc2)C1. The van der Waals surface area contributed by atoms with Gasteiger partial charge in [0.25, 0.3) is 0 Å². The number of amides is 2. The monoisotopic (exact) mass is 708 g/mol. The minimum atomic E-state index is -0.644. The molecule has 11 heteroatoms. The Bertz CT molecular complexity index is 1490. The van der Waals surface area contributed by atoms with Crippen LogP contribution in [0.1, 0.15) is 73.4 Å². The molecule has 3 atom stereocenters. The fourth-order valence-corrected chi connectivity index (χ4v) is 8.54. The van der Waals surface area contributed by atoms with Gasteiger partial charge in [0.2, 0.25) is 5.91 Å². The topological polar surface area (TPSA) is 83.8 Å². The standard InChI is InChI=1S/C35H42BrClN6O3/c36-27-17-26-9-8-25-18-28(37)10-11-30(25)33(32(26)39-19-27)41-15-16-43(35(45)46-29-6-2-1-3-7-29)31(22-41)34(44)42-13-4-5-24(21-42)20-40-14-12-38-23-40/h10-12,14,17-19,23-24,29,31,33H,1-9,13,15-16,20-22H2/t24-,31-,33?/m1/s1. The van der Waals surface area contributed by atoms with Crippen molar-refractivity contribution in [3.8, 4) is 0 Å². The highest BCUT2D eigenvalue weighted by Crippen LogP contribution is 2.39. The van der Waals surface area contributed by atoms with Crippen LogP contribution >= 0.6 is 27.5 Å². The number of benzene rings is 1. The van der Waals surface area contributed by atoms with Crippen molar-refractivity contribution in [3.05, 3.63) is 81.1 Å². The summed E-state index contributed by atoms with van der Waals surface area (Å²) in [6.07, 6.45) is 15.9. The maximum Gasteiger partial charge on any atom is 0.410 e. The van der Waals surface area contributed by atoms with E-state index in [2.05, 4.69) is 48.6 Å². The molecule has 1 saturated carbocycles. The molecular weight excluding hydrogens is 668 g/mol. The number of aryl methyl sites for hydroxylation is 2. The zero-order valence-corrected chi connectivity index (χ0v) is 28.5. The van der Waals surface area contributed by atoms with Crippen molar-refractivity contribution in [2.45, 2.75) is 82.5 Å². The average molecular weight is 710 g/mol. The summed E-state index contributed by atoms with van der Waals surface area (Å²) in [5.74, 6) is 0.344. The van der Waals surface area contributed by atoms with Crippen molar-refractivity contribution >= 4 is 39.5 Å². The summed E-state index contributed by atoms with van der Waals surface area (Å²) < 4.78 is 9.13. The van der Waals surface area contributed by atoms with E-state index in [0.717, 1.165) is 73.1 Å². The van der Waals surface area contributed by atoms with Gasteiger partial charge in [-0.2, -0.15) is 0 Å². The predicted molar refractivity (Wildman–Crippen MR) is 180 cm³/mol. The molecule has 46 heavy (non-hydrogen) atoms. The number of carbonyl (C=O) groups excluding carboxylic acids is 2. The second kappa shape index (κ2) is 14.0. The summed E-state index contributed by atoms with van der Waals surface area (Å²) in [6.45, 7) is 3.63. The number of ether oxygens (including phenoxy) is 1. The molecule has 4 heterocycles. The number of likely N-dealkylation sites (tertiary alicyclic amines) is 1. The van der Waals surface area contributed by atoms with Crippen LogP contribution in [-0.2, 0) is 28.9 Å². The summed E-state index contributed by atoms with van der Waals surface area (Å²) >= 11 is 10.1. The first-order valence-corrected chi connectivity index (χ1v) is 18.0. The lowest BCUT2D eigenvalue weighted by atomic mass is 9.94. The van der Waals surface area contributed by atoms with E-state index in [4.69, 9.17) is 21.3 Å². The Balaban J connectivity index is 1.19. The molecule has 2 aliphatic heterocycles. The Kier molecular flexibility index (Phi) is 9.65. The lowest BCUT2D eigenvalue weighted by Crippen LogP contribution is -2.62. The Hall–Kier alpha value is -2.95. The minimum absolute atomic E-state index is 0.00886. The van der Waals surface area contributed by atoms with Gasteiger partial charge in [0.15, 0.2) is 0 Å². The summed E-state index contributed by atoms with van der Waals surface area (Å²) in [6, 6.07) is 7.50. The number of aromatic nitrogens is 3. The molecule has 0 bridgehead atoms. The van der Waals surface area contributed by atoms with Gasteiger partial charge in [-0.05, 0) is 108 Å². The number of nitrogens with zero attached hydrogens (tertiary/aromatic N) is 6. The molecular formula is C35H42BrClN6O3. The van der Waals surface area contributed by atoms with E-state index in [1.807, 2.05) is 29.7 Å². The van der Waals surface area contributed by atoms with Crippen LogP contribution < -0.4 is 0 Å². The maximum atomic E-state index is 14.6. The van der Waals surface area contributed by atoms with Crippen LogP contribution in [0.25, 0.3) is 0 Å². The number of rotatable bonds is 5. The van der Waals surface area contributed by atoms with E-state index < -0.39 is 6.04 Å². The number of halogens is 2. The van der Waals surface area contributed by atoms with Crippen LogP contribution in [0.5, 0.6) is 0 Å². The first-order valence-electron chi connectivity index (χ1n) is 16.8. The lowest BCUT2D eigenvalue weighted by Gasteiger charge is -2.45. The molecule has 244 valence electrons. The molecule has 9 nitrogen and oxygen atoms in total. The van der Waals surface area contributed by atoms with Crippen LogP contribution in [0.15, 0.2) is 53.7 Å². The van der Waals surface area contributed by atoms with Crippen molar-refractivity contribution in [2.24, 2.45) is 5.92 Å². The van der Waals surface area contributed by atoms with E-state index in [1.165, 1.54) is 23.1 Å². The predicted octanol–water partition coefficient (Wildman–Crippen LogP) is 6.28. The van der Waals surface area contributed by atoms with E-state index >= 15 is 0 Å². The fourth-order valence-electron chi connectivity index (χ4n) is 7.96. The maximum absolute atomic E-state index is 14.6. The Morgan fingerprint density at radius 2 is 1.83 bits per heavy atom. The molecule has 0 N–H and O–H groups in total. The van der Waals surface area contributed by atoms with Crippen molar-refractivity contribution < 1.29 is 14.3 Å². The molecule has 1 unspecified atom stereocenters. The molecule has 2 aliphatic carbocycles. The van der Waals surface area contributed by atoms with E-state index in [0.29, 0.717) is 38.6 Å². The first kappa shape index (κ1) is 31.6. The largest absolute Gasteiger partial charge is 0.446 e. The number of carbonyl (C=O) groups is 2. The van der Waals surface area contributed by atoms with Crippen LogP contribution in [0.2, 0.25) is 5.02 Å². The smallest absolute Gasteiger partial charge is 0.410 e. The number of hydrogen-bond acceptors (Lipinski definition) is 6. The molecule has 7 rings (SSSR count). The van der Waals surface area contributed by atoms with Gasteiger partial charge < -0.3 is 14.2 Å². The van der Waals surface area contributed by atoms with Gasteiger partial charge in [-0.1, -0.05) is 24.1 Å². The number of pyridine rings is 1. The van der Waals surface area contributed by atoms with Crippen molar-refractivity contribution in [3.63, 3.8) is 0 Å². The van der Waals surface area contributed by atoms with Crippen molar-refractivity contribution in [2.75, 3.05) is 32.7 Å². The lowest BCUT2D eigenvalue weighted by molar-refractivity contribution is -0.141. The molecule has 3 fully saturated rings. The number of hydrogen-bond donors (Lipinski definition) is 0. The fraction of sp³-hybridized carbons (Fsp3) is 0.543. The number of piperidine rings is 1. The van der Waals surface area contributed by atoms with Gasteiger partial charge in [0.1, 0.15) is 12.1 Å². The Morgan fingerprint density at radius 3 is 2.65 bits per heavy atom. The van der Waals surface area contributed by atoms with Gasteiger partial charge in [0.05, 0.1) is 18.1 Å². The molecule has 4 aliphatic rings. The second-order valence-corrected chi connectivity index (χ2v) is 14.7. The van der Waals surface area contributed by atoms with Crippen LogP contribution in [0, 0.1) is 5.92 Å². The van der Waals surface area contributed by atoms with Gasteiger partial charge in [-0.25, -0.2) is 9.78 Å². The molecule has 2 saturated heterocycles. The Morgan fingerprint density at radius 1 is 0.978 bits per heavy atom. The summed E-state index contributed by atoms with van der Waals surface area (Å²) in [5, 5.41) is 0.719. The number of piperazine rings is 1. The summed E-state index contributed by atoms with van der Waals surface area (Å²) in [4.78, 5) is 43.6. The van der Waals surface area contributed by atoms with Crippen molar-refractivity contribution in [1.82, 2.24) is 29.2 Å². The summed E-state index contributed by atoms with van der Waals surface area (Å²) in [5.41, 5.74) is 4.56. The highest BCUT2D eigenvalue weighted by Gasteiger charge is 2.43. The van der Waals surface area contributed by atoms with Gasteiger partial charge in [0, 0.05) is 67.4 Å². The van der Waals surface area contributed by atoms with Crippen molar-refractivity contribution in [1.29, 1.82) is 0 Å². The van der Waals surface area contributed by atoms with E-state index in [-0.39, 0.29) is 24.1 Å². The van der Waals surface area contributed by atoms with Crippen LogP contribution in [0.3, 0.4) is 0 Å². The first-order chi connectivity index (χ1) is 22.4. The highest BCUT2D eigenvalue weighted by atomic mass is 79.9. The third-order valence-electron chi connectivity index (χ3n) is 10.3. The molecule has 2 amide bonds. The number of imidazole rings is 1. The van der Waals surface area contributed by atoms with Crippen LogP contribution in [-0.4, -0.2) is 86.1 Å². The zero-order valence-electron chi connectivity index (χ0n) is 26.2. The molecule has 0 radical (unpaired) electrons. The second-order valence-electron chi connectivity index (χ2n) is 13.3. The molecule has 0 spiro atoms. The normalized spacial score (nSPS) is 24.2. The molecule has 1 aromatic carbocycles. The van der Waals surface area contributed by atoms with Gasteiger partial charge in [-0.15, -0.1) is 0 Å². The third-order valence-corrected chi connectivity index (χ3v) is 10.9. The summed E-state index contributed by atoms with van der Waals surface area (Å²) in [7, 11) is 0. The van der Waals surface area contributed by atoms with E-state index in [9.17, 15) is 9.59 Å². The third kappa shape index (κ3) is 6.85. The quantitative estimate of drug-likeness (QED) is 0.311. The Labute approximate surface area is 284 Å².